The van der Waals surface area contributed by atoms with Crippen molar-refractivity contribution in [2.45, 2.75) is 12.8 Å². The molecular formula is C13H20ClN3S. The Labute approximate surface area is 119 Å². The third-order valence-corrected chi connectivity index (χ3v) is 3.05. The van der Waals surface area contributed by atoms with Gasteiger partial charge in [0.2, 0.25) is 0 Å². The summed E-state index contributed by atoms with van der Waals surface area (Å²) in [5, 5.41) is 4.02. The van der Waals surface area contributed by atoms with Gasteiger partial charge >= 0.3 is 0 Å². The molecule has 1 rings (SSSR count). The lowest BCUT2D eigenvalue weighted by atomic mass is 10.1. The second-order valence-corrected chi connectivity index (χ2v) is 5.37. The lowest BCUT2D eigenvalue weighted by Crippen LogP contribution is -2.16. The number of nitrogens with two attached hydrogens (primary N) is 1. The highest BCUT2D eigenvalue weighted by Gasteiger charge is 2.05. The average Bonchev–Trinajstić information content (AvgIpc) is 2.27. The predicted octanol–water partition coefficient (Wildman–Crippen LogP) is 2.73. The molecule has 0 heterocycles. The molecule has 0 aliphatic rings. The Bertz CT molecular complexity index is 407. The molecule has 100 valence electrons. The van der Waals surface area contributed by atoms with Crippen LogP contribution in [0, 0.1) is 0 Å². The summed E-state index contributed by atoms with van der Waals surface area (Å²) in [6, 6.07) is 5.52. The molecule has 0 fully saturated rings. The van der Waals surface area contributed by atoms with Crippen LogP contribution in [0.25, 0.3) is 0 Å². The van der Waals surface area contributed by atoms with Gasteiger partial charge in [-0.25, -0.2) is 0 Å². The topological polar surface area (TPSA) is 41.3 Å². The van der Waals surface area contributed by atoms with Crippen molar-refractivity contribution in [1.29, 1.82) is 0 Å². The van der Waals surface area contributed by atoms with Crippen molar-refractivity contribution in [2.75, 3.05) is 32.5 Å². The van der Waals surface area contributed by atoms with E-state index in [9.17, 15) is 0 Å². The predicted molar refractivity (Wildman–Crippen MR) is 83.6 cm³/mol. The maximum atomic E-state index is 5.97. The number of hydrogen-bond acceptors (Lipinski definition) is 3. The highest BCUT2D eigenvalue weighted by atomic mass is 35.5. The zero-order valence-corrected chi connectivity index (χ0v) is 12.4. The smallest absolute Gasteiger partial charge is 0.106 e. The molecule has 0 bridgehead atoms. The average molecular weight is 286 g/mol. The molecule has 0 aliphatic heterocycles. The van der Waals surface area contributed by atoms with Crippen LogP contribution in [-0.4, -0.2) is 37.1 Å². The summed E-state index contributed by atoms with van der Waals surface area (Å²) < 4.78 is 0. The van der Waals surface area contributed by atoms with E-state index in [1.807, 2.05) is 12.1 Å². The Hall–Kier alpha value is -0.840. The molecule has 0 atom stereocenters. The van der Waals surface area contributed by atoms with Crippen molar-refractivity contribution >= 4 is 34.5 Å². The number of thiocarbonyl (C=S) groups is 1. The van der Waals surface area contributed by atoms with Crippen LogP contribution < -0.4 is 11.1 Å². The molecule has 0 aromatic heterocycles. The first kappa shape index (κ1) is 15.2. The van der Waals surface area contributed by atoms with Gasteiger partial charge < -0.3 is 16.0 Å². The van der Waals surface area contributed by atoms with Crippen molar-refractivity contribution in [3.05, 3.63) is 28.8 Å². The van der Waals surface area contributed by atoms with E-state index >= 15 is 0 Å². The molecular weight excluding hydrogens is 266 g/mol. The van der Waals surface area contributed by atoms with Crippen molar-refractivity contribution in [3.63, 3.8) is 0 Å². The number of halogens is 1. The van der Waals surface area contributed by atoms with Crippen molar-refractivity contribution < 1.29 is 0 Å². The summed E-state index contributed by atoms with van der Waals surface area (Å²) in [5.41, 5.74) is 7.44. The van der Waals surface area contributed by atoms with E-state index in [1.165, 1.54) is 0 Å². The monoisotopic (exact) mass is 285 g/mol. The molecule has 0 unspecified atom stereocenters. The molecule has 3 nitrogen and oxygen atoms in total. The summed E-state index contributed by atoms with van der Waals surface area (Å²) in [5.74, 6) is 0. The lowest BCUT2D eigenvalue weighted by molar-refractivity contribution is 0.396. The van der Waals surface area contributed by atoms with Crippen LogP contribution in [0.2, 0.25) is 5.02 Å². The van der Waals surface area contributed by atoms with E-state index in [2.05, 4.69) is 24.3 Å². The van der Waals surface area contributed by atoms with Crippen molar-refractivity contribution in [1.82, 2.24) is 4.90 Å². The largest absolute Gasteiger partial charge is 0.389 e. The molecule has 0 aliphatic carbocycles. The molecule has 3 N–H and O–H groups in total. The Morgan fingerprint density at radius 3 is 2.72 bits per heavy atom. The quantitative estimate of drug-likeness (QED) is 0.597. The van der Waals surface area contributed by atoms with Crippen molar-refractivity contribution in [2.24, 2.45) is 5.73 Å². The molecule has 1 aromatic carbocycles. The maximum absolute atomic E-state index is 5.97. The van der Waals surface area contributed by atoms with Gasteiger partial charge in [-0.1, -0.05) is 23.8 Å². The molecule has 5 heteroatoms. The minimum Gasteiger partial charge on any atom is -0.389 e. The highest BCUT2D eigenvalue weighted by Crippen LogP contribution is 2.21. The number of nitrogens with one attached hydrogen (secondary N) is 1. The first-order chi connectivity index (χ1) is 8.50. The summed E-state index contributed by atoms with van der Waals surface area (Å²) in [6.45, 7) is 1.99. The zero-order valence-electron chi connectivity index (χ0n) is 10.9. The summed E-state index contributed by atoms with van der Waals surface area (Å²) in [6.07, 6.45) is 2.25. The standard InChI is InChI=1S/C13H20ClN3S/c1-17(2)8-4-3-7-16-12-9-10(14)5-6-11(12)13(15)18/h5-6,9,16H,3-4,7-8H2,1-2H3,(H2,15,18). The summed E-state index contributed by atoms with van der Waals surface area (Å²) >= 11 is 11.0. The second-order valence-electron chi connectivity index (χ2n) is 4.49. The SMILES string of the molecule is CN(C)CCCCNc1cc(Cl)ccc1C(N)=S. The molecule has 0 amide bonds. The lowest BCUT2D eigenvalue weighted by Gasteiger charge is -2.13. The van der Waals surface area contributed by atoms with E-state index < -0.39 is 0 Å². The molecule has 18 heavy (non-hydrogen) atoms. The number of benzene rings is 1. The number of anilines is 1. The third kappa shape index (κ3) is 5.21. The van der Waals surface area contributed by atoms with Gasteiger partial charge in [0.15, 0.2) is 0 Å². The third-order valence-electron chi connectivity index (χ3n) is 2.59. The number of nitrogens with zero attached hydrogens (tertiary/aromatic N) is 1. The van der Waals surface area contributed by atoms with E-state index in [1.54, 1.807) is 6.07 Å². The minimum atomic E-state index is 0.391. The van der Waals surface area contributed by atoms with Gasteiger partial charge in [0.1, 0.15) is 4.99 Å². The first-order valence-corrected chi connectivity index (χ1v) is 6.77. The molecule has 0 radical (unpaired) electrons. The number of hydrogen-bond donors (Lipinski definition) is 2. The zero-order chi connectivity index (χ0) is 13.5. The Morgan fingerprint density at radius 1 is 1.39 bits per heavy atom. The van der Waals surface area contributed by atoms with E-state index in [0.717, 1.165) is 37.2 Å². The Morgan fingerprint density at radius 2 is 2.11 bits per heavy atom. The van der Waals surface area contributed by atoms with E-state index in [-0.39, 0.29) is 0 Å². The fourth-order valence-electron chi connectivity index (χ4n) is 1.65. The molecule has 0 saturated carbocycles. The second kappa shape index (κ2) is 7.56. The Kier molecular flexibility index (Phi) is 6.39. The Balaban J connectivity index is 2.50. The van der Waals surface area contributed by atoms with Gasteiger partial charge in [-0.05, 0) is 51.7 Å². The van der Waals surface area contributed by atoms with E-state index in [4.69, 9.17) is 29.6 Å². The van der Waals surface area contributed by atoms with Crippen LogP contribution in [0.1, 0.15) is 18.4 Å². The van der Waals surface area contributed by atoms with E-state index in [0.29, 0.717) is 10.0 Å². The van der Waals surface area contributed by atoms with Crippen LogP contribution in [0.4, 0.5) is 5.69 Å². The van der Waals surface area contributed by atoms with Crippen LogP contribution >= 0.6 is 23.8 Å². The van der Waals surface area contributed by atoms with Crippen LogP contribution in [0.3, 0.4) is 0 Å². The van der Waals surface area contributed by atoms with Gasteiger partial charge in [-0.3, -0.25) is 0 Å². The number of rotatable bonds is 7. The van der Waals surface area contributed by atoms with Crippen LogP contribution in [0.5, 0.6) is 0 Å². The minimum absolute atomic E-state index is 0.391. The van der Waals surface area contributed by atoms with Gasteiger partial charge in [0, 0.05) is 22.8 Å². The van der Waals surface area contributed by atoms with Gasteiger partial charge in [0.25, 0.3) is 0 Å². The van der Waals surface area contributed by atoms with Gasteiger partial charge in [-0.2, -0.15) is 0 Å². The normalized spacial score (nSPS) is 10.7. The first-order valence-electron chi connectivity index (χ1n) is 5.98. The molecule has 1 aromatic rings. The maximum Gasteiger partial charge on any atom is 0.106 e. The molecule has 0 spiro atoms. The highest BCUT2D eigenvalue weighted by molar-refractivity contribution is 7.80. The van der Waals surface area contributed by atoms with Crippen LogP contribution in [-0.2, 0) is 0 Å². The van der Waals surface area contributed by atoms with Crippen molar-refractivity contribution in [3.8, 4) is 0 Å². The van der Waals surface area contributed by atoms with Gasteiger partial charge in [0.05, 0.1) is 0 Å². The fourth-order valence-corrected chi connectivity index (χ4v) is 2.00. The van der Waals surface area contributed by atoms with Gasteiger partial charge in [-0.15, -0.1) is 0 Å². The van der Waals surface area contributed by atoms with Crippen LogP contribution in [0.15, 0.2) is 18.2 Å². The molecule has 0 saturated heterocycles. The number of unbranched alkanes of at least 4 members (excludes halogenated alkanes) is 1. The summed E-state index contributed by atoms with van der Waals surface area (Å²) in [7, 11) is 4.16. The fraction of sp³-hybridized carbons (Fsp3) is 0.462. The summed E-state index contributed by atoms with van der Waals surface area (Å²) in [4.78, 5) is 2.57.